The largest absolute Gasteiger partial charge is 0.497 e. The monoisotopic (exact) mass is 347 g/mol. The van der Waals surface area contributed by atoms with E-state index in [4.69, 9.17) is 4.74 Å². The molecule has 3 heteroatoms. The number of ether oxygens (including phenoxy) is 1. The summed E-state index contributed by atoms with van der Waals surface area (Å²) in [5.74, 6) is 0.886. The van der Waals surface area contributed by atoms with Crippen LogP contribution in [0.15, 0.2) is 40.9 Å². The fourth-order valence-corrected chi connectivity index (χ4v) is 2.80. The zero-order chi connectivity index (χ0) is 15.4. The molecule has 0 amide bonds. The molecule has 0 aliphatic heterocycles. The third-order valence-corrected chi connectivity index (χ3v) is 4.90. The summed E-state index contributed by atoms with van der Waals surface area (Å²) in [7, 11) is 1.69. The van der Waals surface area contributed by atoms with Gasteiger partial charge in [0.2, 0.25) is 0 Å². The molecule has 2 nitrogen and oxygen atoms in total. The van der Waals surface area contributed by atoms with E-state index in [-0.39, 0.29) is 6.04 Å². The van der Waals surface area contributed by atoms with Crippen LogP contribution in [-0.4, -0.2) is 13.7 Å². The van der Waals surface area contributed by atoms with E-state index in [1.807, 2.05) is 12.1 Å². The Bertz CT molecular complexity index is 584. The highest BCUT2D eigenvalue weighted by Crippen LogP contribution is 2.29. The summed E-state index contributed by atoms with van der Waals surface area (Å²) in [5.41, 5.74) is 5.07. The van der Waals surface area contributed by atoms with Crippen molar-refractivity contribution in [3.8, 4) is 5.75 Å². The lowest BCUT2D eigenvalue weighted by atomic mass is 9.95. The van der Waals surface area contributed by atoms with Gasteiger partial charge in [0.1, 0.15) is 5.75 Å². The van der Waals surface area contributed by atoms with Gasteiger partial charge in [0.25, 0.3) is 0 Å². The lowest BCUT2D eigenvalue weighted by Gasteiger charge is -2.21. The van der Waals surface area contributed by atoms with Crippen molar-refractivity contribution in [3.05, 3.63) is 63.1 Å². The Balaban J connectivity index is 2.42. The molecular formula is C18H22BrNO. The highest BCUT2D eigenvalue weighted by molar-refractivity contribution is 9.10. The lowest BCUT2D eigenvalue weighted by Crippen LogP contribution is -2.22. The maximum Gasteiger partial charge on any atom is 0.118 e. The van der Waals surface area contributed by atoms with Gasteiger partial charge in [-0.3, -0.25) is 0 Å². The van der Waals surface area contributed by atoms with E-state index in [0.717, 1.165) is 12.3 Å². The van der Waals surface area contributed by atoms with E-state index in [2.05, 4.69) is 66.3 Å². The van der Waals surface area contributed by atoms with E-state index >= 15 is 0 Å². The quantitative estimate of drug-likeness (QED) is 0.840. The van der Waals surface area contributed by atoms with Gasteiger partial charge in [-0.15, -0.1) is 0 Å². The molecule has 0 aliphatic rings. The van der Waals surface area contributed by atoms with Gasteiger partial charge in [-0.2, -0.15) is 0 Å². The van der Waals surface area contributed by atoms with Crippen molar-refractivity contribution in [1.29, 1.82) is 0 Å². The normalized spacial score (nSPS) is 12.2. The number of halogens is 1. The van der Waals surface area contributed by atoms with Crippen LogP contribution in [0.4, 0.5) is 0 Å². The Morgan fingerprint density at radius 2 is 1.62 bits per heavy atom. The van der Waals surface area contributed by atoms with E-state index in [1.54, 1.807) is 7.11 Å². The molecule has 112 valence electrons. The van der Waals surface area contributed by atoms with Crippen LogP contribution in [0, 0.1) is 13.8 Å². The Labute approximate surface area is 135 Å². The Hall–Kier alpha value is -1.32. The molecule has 0 bridgehead atoms. The van der Waals surface area contributed by atoms with E-state index in [1.165, 1.54) is 26.7 Å². The molecule has 21 heavy (non-hydrogen) atoms. The number of aryl methyl sites for hydroxylation is 2. The molecule has 2 aromatic carbocycles. The van der Waals surface area contributed by atoms with Crippen LogP contribution in [0.25, 0.3) is 0 Å². The standard InChI is InChI=1S/C18H22BrNO/c1-5-20-18(14-6-8-16(21-4)9-7-14)15-10-12(2)17(19)13(3)11-15/h6-11,18,20H,5H2,1-4H3. The molecule has 0 heterocycles. The van der Waals surface area contributed by atoms with Crippen LogP contribution < -0.4 is 10.1 Å². The topological polar surface area (TPSA) is 21.3 Å². The zero-order valence-corrected chi connectivity index (χ0v) is 14.6. The van der Waals surface area contributed by atoms with Gasteiger partial charge in [-0.05, 0) is 54.8 Å². The molecule has 0 aliphatic carbocycles. The van der Waals surface area contributed by atoms with Crippen LogP contribution in [0.2, 0.25) is 0 Å². The zero-order valence-electron chi connectivity index (χ0n) is 13.0. The van der Waals surface area contributed by atoms with Crippen molar-refractivity contribution < 1.29 is 4.74 Å². The van der Waals surface area contributed by atoms with E-state index in [0.29, 0.717) is 0 Å². The van der Waals surface area contributed by atoms with Crippen molar-refractivity contribution in [2.45, 2.75) is 26.8 Å². The van der Waals surface area contributed by atoms with Crippen LogP contribution in [-0.2, 0) is 0 Å². The first kappa shape index (κ1) is 16.1. The molecule has 1 unspecified atom stereocenters. The highest BCUT2D eigenvalue weighted by atomic mass is 79.9. The van der Waals surface area contributed by atoms with Crippen molar-refractivity contribution in [3.63, 3.8) is 0 Å². The van der Waals surface area contributed by atoms with Crippen molar-refractivity contribution in [2.24, 2.45) is 0 Å². The molecule has 0 radical (unpaired) electrons. The minimum atomic E-state index is 0.200. The molecule has 1 atom stereocenters. The summed E-state index contributed by atoms with van der Waals surface area (Å²) in [6.45, 7) is 7.33. The van der Waals surface area contributed by atoms with Crippen LogP contribution >= 0.6 is 15.9 Å². The third-order valence-electron chi connectivity index (χ3n) is 3.65. The van der Waals surface area contributed by atoms with Gasteiger partial charge < -0.3 is 10.1 Å². The fourth-order valence-electron chi connectivity index (χ4n) is 2.57. The molecule has 0 fully saturated rings. The number of nitrogens with one attached hydrogen (secondary N) is 1. The minimum absolute atomic E-state index is 0.200. The Morgan fingerprint density at radius 3 is 2.10 bits per heavy atom. The second-order valence-electron chi connectivity index (χ2n) is 5.23. The second-order valence-corrected chi connectivity index (χ2v) is 6.03. The molecular weight excluding hydrogens is 326 g/mol. The fraction of sp³-hybridized carbons (Fsp3) is 0.333. The average Bonchev–Trinajstić information content (AvgIpc) is 2.50. The number of rotatable bonds is 5. The molecule has 0 spiro atoms. The number of methoxy groups -OCH3 is 1. The van der Waals surface area contributed by atoms with Gasteiger partial charge in [0.15, 0.2) is 0 Å². The van der Waals surface area contributed by atoms with E-state index in [9.17, 15) is 0 Å². The van der Waals surface area contributed by atoms with Crippen molar-refractivity contribution >= 4 is 15.9 Å². The van der Waals surface area contributed by atoms with Gasteiger partial charge in [0.05, 0.1) is 13.2 Å². The summed E-state index contributed by atoms with van der Waals surface area (Å²) in [5, 5.41) is 3.57. The Morgan fingerprint density at radius 1 is 1.05 bits per heavy atom. The predicted octanol–water partition coefficient (Wildman–Crippen LogP) is 4.77. The van der Waals surface area contributed by atoms with Gasteiger partial charge in [0, 0.05) is 4.47 Å². The van der Waals surface area contributed by atoms with Gasteiger partial charge in [-0.25, -0.2) is 0 Å². The summed E-state index contributed by atoms with van der Waals surface area (Å²) < 4.78 is 6.43. The average molecular weight is 348 g/mol. The minimum Gasteiger partial charge on any atom is -0.497 e. The molecule has 1 N–H and O–H groups in total. The predicted molar refractivity (Wildman–Crippen MR) is 92.1 cm³/mol. The summed E-state index contributed by atoms with van der Waals surface area (Å²) in [6, 6.07) is 13.0. The van der Waals surface area contributed by atoms with Gasteiger partial charge >= 0.3 is 0 Å². The third kappa shape index (κ3) is 3.66. The maximum atomic E-state index is 5.24. The number of benzene rings is 2. The molecule has 2 aromatic rings. The first-order valence-electron chi connectivity index (χ1n) is 7.20. The Kier molecular flexibility index (Phi) is 5.43. The lowest BCUT2D eigenvalue weighted by molar-refractivity contribution is 0.414. The summed E-state index contributed by atoms with van der Waals surface area (Å²) >= 11 is 3.64. The SMILES string of the molecule is CCNC(c1ccc(OC)cc1)c1cc(C)c(Br)c(C)c1. The van der Waals surface area contributed by atoms with Crippen LogP contribution in [0.3, 0.4) is 0 Å². The number of hydrogen-bond donors (Lipinski definition) is 1. The molecule has 0 saturated heterocycles. The first-order valence-corrected chi connectivity index (χ1v) is 8.00. The second kappa shape index (κ2) is 7.10. The first-order chi connectivity index (χ1) is 10.1. The summed E-state index contributed by atoms with van der Waals surface area (Å²) in [4.78, 5) is 0. The van der Waals surface area contributed by atoms with E-state index < -0.39 is 0 Å². The van der Waals surface area contributed by atoms with Crippen molar-refractivity contribution in [1.82, 2.24) is 5.32 Å². The van der Waals surface area contributed by atoms with Crippen LogP contribution in [0.1, 0.15) is 35.2 Å². The molecule has 0 saturated carbocycles. The van der Waals surface area contributed by atoms with Crippen LogP contribution in [0.5, 0.6) is 5.75 Å². The smallest absolute Gasteiger partial charge is 0.118 e. The summed E-state index contributed by atoms with van der Waals surface area (Å²) in [6.07, 6.45) is 0. The number of hydrogen-bond acceptors (Lipinski definition) is 2. The molecule has 0 aromatic heterocycles. The van der Waals surface area contributed by atoms with Crippen molar-refractivity contribution in [2.75, 3.05) is 13.7 Å². The van der Waals surface area contributed by atoms with Gasteiger partial charge in [-0.1, -0.05) is 47.1 Å². The highest BCUT2D eigenvalue weighted by Gasteiger charge is 2.15. The maximum absolute atomic E-state index is 5.24. The molecule has 2 rings (SSSR count).